The van der Waals surface area contributed by atoms with Crippen LogP contribution < -0.4 is 27.1 Å². The van der Waals surface area contributed by atoms with Crippen LogP contribution in [0, 0.1) is 6.92 Å². The van der Waals surface area contributed by atoms with E-state index in [0.717, 1.165) is 4.57 Å². The van der Waals surface area contributed by atoms with Gasteiger partial charge in [-0.2, -0.15) is 0 Å². The number of rotatable bonds is 9. The summed E-state index contributed by atoms with van der Waals surface area (Å²) in [6.45, 7) is 1.36. The molecule has 1 amide bonds. The molecule has 1 aromatic carbocycles. The molecule has 2 aromatic rings. The van der Waals surface area contributed by atoms with Crippen LogP contribution in [0.1, 0.15) is 13.1 Å². The largest absolute Gasteiger partial charge is 0.391 e. The zero-order valence-corrected chi connectivity index (χ0v) is 18.6. The number of nitrogens with one attached hydrogen (secondary N) is 2. The molecular weight excluding hydrogens is 483 g/mol. The van der Waals surface area contributed by atoms with Crippen molar-refractivity contribution in [1.29, 1.82) is 0 Å². The number of aromatic nitrogens is 1. The quantitative estimate of drug-likeness (QED) is 0.171. The number of benzene rings is 1. The van der Waals surface area contributed by atoms with E-state index in [-0.39, 0.29) is 53.7 Å². The van der Waals surface area contributed by atoms with Crippen molar-refractivity contribution >= 4 is 50.8 Å². The minimum Gasteiger partial charge on any atom is -0.391 e. The molecule has 14 heteroatoms. The molecule has 0 aliphatic rings. The molecule has 32 heavy (non-hydrogen) atoms. The lowest BCUT2D eigenvalue weighted by atomic mass is 10.3. The van der Waals surface area contributed by atoms with Gasteiger partial charge in [-0.3, -0.25) is 14.3 Å². The molecule has 0 saturated heterocycles. The first kappa shape index (κ1) is 27.1. The van der Waals surface area contributed by atoms with E-state index >= 15 is 0 Å². The summed E-state index contributed by atoms with van der Waals surface area (Å²) in [6, 6.07) is 6.57. The van der Waals surface area contributed by atoms with E-state index in [1.54, 1.807) is 6.92 Å². The molecule has 11 nitrogen and oxygen atoms in total. The van der Waals surface area contributed by atoms with Crippen LogP contribution in [0.2, 0.25) is 10.0 Å². The number of amides is 1. The Balaban J connectivity index is 0.00000512. The summed E-state index contributed by atoms with van der Waals surface area (Å²) in [5.74, 6) is -0.757. The number of guanidine groups is 1. The molecular formula is C18H24Cl2N6O5S. The Morgan fingerprint density at radius 3 is 2.41 bits per heavy atom. The highest BCUT2D eigenvalue weighted by atomic mass is 35.5. The van der Waals surface area contributed by atoms with E-state index in [1.165, 1.54) is 30.3 Å². The number of anilines is 1. The third kappa shape index (κ3) is 7.62. The molecule has 1 heterocycles. The standard InChI is InChI=1S/C17H20Cl2N6O5S.CH4/c1-10-2-3-14(24-31(28,29)13-7-11(18)6-12(19)8-13)16(27)25(10)9-15(26)22-4-5-30-23-17(20)21;/h2-3,6-8,24H,4-5,9H2,1H3,(H,22,26)(H4,20,21,23);1H4. The van der Waals surface area contributed by atoms with E-state index in [2.05, 4.69) is 15.2 Å². The number of nitrogens with two attached hydrogens (primary N) is 2. The smallest absolute Gasteiger partial charge is 0.275 e. The van der Waals surface area contributed by atoms with Crippen molar-refractivity contribution in [3.05, 3.63) is 56.4 Å². The normalized spacial score (nSPS) is 10.6. The van der Waals surface area contributed by atoms with Gasteiger partial charge in [0.25, 0.3) is 15.6 Å². The summed E-state index contributed by atoms with van der Waals surface area (Å²) in [5.41, 5.74) is 9.69. The van der Waals surface area contributed by atoms with Crippen molar-refractivity contribution in [3.63, 3.8) is 0 Å². The van der Waals surface area contributed by atoms with Gasteiger partial charge in [-0.05, 0) is 42.4 Å². The van der Waals surface area contributed by atoms with Crippen LogP contribution in [-0.2, 0) is 26.2 Å². The van der Waals surface area contributed by atoms with Gasteiger partial charge in [-0.25, -0.2) is 8.42 Å². The van der Waals surface area contributed by atoms with Gasteiger partial charge in [0.2, 0.25) is 11.9 Å². The van der Waals surface area contributed by atoms with Crippen LogP contribution in [0.25, 0.3) is 0 Å². The fourth-order valence-electron chi connectivity index (χ4n) is 2.39. The van der Waals surface area contributed by atoms with Crippen molar-refractivity contribution in [2.45, 2.75) is 25.8 Å². The molecule has 0 bridgehead atoms. The molecule has 0 aliphatic heterocycles. The predicted molar refractivity (Wildman–Crippen MR) is 124 cm³/mol. The summed E-state index contributed by atoms with van der Waals surface area (Å²) in [7, 11) is -4.15. The maximum absolute atomic E-state index is 12.8. The highest BCUT2D eigenvalue weighted by Crippen LogP contribution is 2.23. The van der Waals surface area contributed by atoms with Crippen molar-refractivity contribution in [2.75, 3.05) is 17.9 Å². The highest BCUT2D eigenvalue weighted by Gasteiger charge is 2.19. The summed E-state index contributed by atoms with van der Waals surface area (Å²) < 4.78 is 28.6. The SMILES string of the molecule is C.Cc1ccc(NS(=O)(=O)c2cc(Cl)cc(Cl)c2)c(=O)n1CC(=O)NCCON=C(N)N. The Morgan fingerprint density at radius 2 is 1.81 bits per heavy atom. The minimum atomic E-state index is -4.15. The fourth-order valence-corrected chi connectivity index (χ4v) is 4.17. The maximum Gasteiger partial charge on any atom is 0.275 e. The van der Waals surface area contributed by atoms with E-state index in [1.807, 2.05) is 0 Å². The number of pyridine rings is 1. The van der Waals surface area contributed by atoms with Gasteiger partial charge in [-0.15, -0.1) is 0 Å². The summed E-state index contributed by atoms with van der Waals surface area (Å²) in [5, 5.41) is 6.06. The Hall–Kier alpha value is -2.96. The molecule has 0 aliphatic carbocycles. The number of aryl methyl sites for hydroxylation is 1. The van der Waals surface area contributed by atoms with Crippen LogP contribution in [0.3, 0.4) is 0 Å². The second kappa shape index (κ2) is 11.6. The average molecular weight is 507 g/mol. The minimum absolute atomic E-state index is 0. The zero-order valence-electron chi connectivity index (χ0n) is 16.3. The summed E-state index contributed by atoms with van der Waals surface area (Å²) in [4.78, 5) is 29.4. The monoisotopic (exact) mass is 506 g/mol. The van der Waals surface area contributed by atoms with Crippen molar-refractivity contribution in [3.8, 4) is 0 Å². The van der Waals surface area contributed by atoms with Gasteiger partial charge < -0.3 is 26.2 Å². The third-order valence-electron chi connectivity index (χ3n) is 3.77. The Kier molecular flexibility index (Phi) is 9.81. The fraction of sp³-hybridized carbons (Fsp3) is 0.278. The number of hydrogen-bond donors (Lipinski definition) is 4. The lowest BCUT2D eigenvalue weighted by molar-refractivity contribution is -0.122. The summed E-state index contributed by atoms with van der Waals surface area (Å²) >= 11 is 11.7. The first-order valence-corrected chi connectivity index (χ1v) is 10.9. The van der Waals surface area contributed by atoms with Crippen LogP contribution >= 0.6 is 23.2 Å². The Morgan fingerprint density at radius 1 is 1.19 bits per heavy atom. The van der Waals surface area contributed by atoms with E-state index in [4.69, 9.17) is 39.5 Å². The van der Waals surface area contributed by atoms with Crippen molar-refractivity contribution < 1.29 is 18.0 Å². The molecule has 0 unspecified atom stereocenters. The van der Waals surface area contributed by atoms with E-state index < -0.39 is 21.5 Å². The Bertz CT molecular complexity index is 1140. The number of carbonyl (C=O) groups is 1. The molecule has 6 N–H and O–H groups in total. The molecule has 0 radical (unpaired) electrons. The maximum atomic E-state index is 12.8. The number of hydrogen-bond acceptors (Lipinski definition) is 6. The number of halogens is 2. The first-order chi connectivity index (χ1) is 14.5. The topological polar surface area (TPSA) is 171 Å². The lowest BCUT2D eigenvalue weighted by Crippen LogP contribution is -2.36. The van der Waals surface area contributed by atoms with Crippen LogP contribution in [0.5, 0.6) is 0 Å². The van der Waals surface area contributed by atoms with Gasteiger partial charge >= 0.3 is 0 Å². The molecule has 0 spiro atoms. The number of sulfonamides is 1. The summed E-state index contributed by atoms with van der Waals surface area (Å²) in [6.07, 6.45) is 0. The van der Waals surface area contributed by atoms with E-state index in [9.17, 15) is 18.0 Å². The third-order valence-corrected chi connectivity index (χ3v) is 5.55. The average Bonchev–Trinajstić information content (AvgIpc) is 2.66. The molecule has 176 valence electrons. The second-order valence-corrected chi connectivity index (χ2v) is 8.74. The lowest BCUT2D eigenvalue weighted by Gasteiger charge is -2.14. The predicted octanol–water partition coefficient (Wildman–Crippen LogP) is 1.22. The zero-order chi connectivity index (χ0) is 23.2. The van der Waals surface area contributed by atoms with Gasteiger partial charge in [0.05, 0.1) is 11.4 Å². The molecule has 0 atom stereocenters. The van der Waals surface area contributed by atoms with Gasteiger partial charge in [0.15, 0.2) is 0 Å². The van der Waals surface area contributed by atoms with Gasteiger partial charge in [-0.1, -0.05) is 30.6 Å². The van der Waals surface area contributed by atoms with Gasteiger partial charge in [0, 0.05) is 15.7 Å². The van der Waals surface area contributed by atoms with Gasteiger partial charge in [0.1, 0.15) is 18.8 Å². The van der Waals surface area contributed by atoms with Crippen LogP contribution in [0.4, 0.5) is 5.69 Å². The molecule has 0 saturated carbocycles. The Labute approximate surface area is 195 Å². The van der Waals surface area contributed by atoms with Crippen molar-refractivity contribution in [2.24, 2.45) is 16.6 Å². The number of nitrogens with zero attached hydrogens (tertiary/aromatic N) is 2. The van der Waals surface area contributed by atoms with Crippen molar-refractivity contribution in [1.82, 2.24) is 9.88 Å². The molecule has 2 rings (SSSR count). The number of carbonyl (C=O) groups excluding carboxylic acids is 1. The van der Waals surface area contributed by atoms with Crippen LogP contribution in [-0.4, -0.2) is 38.0 Å². The second-order valence-electron chi connectivity index (χ2n) is 6.19. The van der Waals surface area contributed by atoms with Crippen LogP contribution in [0.15, 0.2) is 45.2 Å². The first-order valence-electron chi connectivity index (χ1n) is 8.66. The molecule has 0 fully saturated rings. The molecule has 1 aromatic heterocycles. The van der Waals surface area contributed by atoms with E-state index in [0.29, 0.717) is 5.69 Å². The highest BCUT2D eigenvalue weighted by molar-refractivity contribution is 7.92. The number of oxime groups is 1.